The van der Waals surface area contributed by atoms with E-state index in [1.54, 1.807) is 12.1 Å². The fraction of sp³-hybridized carbons (Fsp3) is 0.429. The van der Waals surface area contributed by atoms with Crippen LogP contribution in [0.2, 0.25) is 0 Å². The van der Waals surface area contributed by atoms with Gasteiger partial charge in [0, 0.05) is 6.54 Å². The van der Waals surface area contributed by atoms with Crippen LogP contribution in [0, 0.1) is 0 Å². The molecule has 1 amide bonds. The van der Waals surface area contributed by atoms with Crippen LogP contribution in [0.3, 0.4) is 0 Å². The Morgan fingerprint density at radius 1 is 1.20 bits per heavy atom. The highest BCUT2D eigenvalue weighted by Crippen LogP contribution is 2.28. The lowest BCUT2D eigenvalue weighted by molar-refractivity contribution is -0.123. The number of nitrogens with one attached hydrogen (secondary N) is 1. The summed E-state index contributed by atoms with van der Waals surface area (Å²) in [4.78, 5) is 22.8. The van der Waals surface area contributed by atoms with Crippen LogP contribution in [-0.2, 0) is 9.53 Å². The largest absolute Gasteiger partial charge is 0.493 e. The molecular weight excluding hydrogens is 262 g/mol. The Labute approximate surface area is 118 Å². The Balaban J connectivity index is 2.70. The maximum absolute atomic E-state index is 11.4. The molecule has 0 heterocycles. The minimum atomic E-state index is -0.462. The molecule has 0 aliphatic heterocycles. The first-order valence-electron chi connectivity index (χ1n) is 6.28. The summed E-state index contributed by atoms with van der Waals surface area (Å²) in [6, 6.07) is 4.62. The molecule has 0 fully saturated rings. The lowest BCUT2D eigenvalue weighted by Crippen LogP contribution is -2.29. The molecule has 0 unspecified atom stereocenters. The summed E-state index contributed by atoms with van der Waals surface area (Å²) < 4.78 is 15.1. The molecule has 1 rings (SSSR count). The number of rotatable bonds is 7. The maximum Gasteiger partial charge on any atom is 0.337 e. The number of benzene rings is 1. The van der Waals surface area contributed by atoms with Crippen LogP contribution in [0.25, 0.3) is 0 Å². The van der Waals surface area contributed by atoms with E-state index in [1.807, 2.05) is 6.92 Å². The van der Waals surface area contributed by atoms with Crippen molar-refractivity contribution in [2.75, 3.05) is 27.4 Å². The summed E-state index contributed by atoms with van der Waals surface area (Å²) in [6.45, 7) is 2.48. The summed E-state index contributed by atoms with van der Waals surface area (Å²) in [6.07, 6.45) is 0.864. The summed E-state index contributed by atoms with van der Waals surface area (Å²) in [5.74, 6) is 0.101. The van der Waals surface area contributed by atoms with E-state index in [0.717, 1.165) is 6.42 Å². The summed E-state index contributed by atoms with van der Waals surface area (Å²) in [7, 11) is 2.76. The van der Waals surface area contributed by atoms with Crippen LogP contribution in [0.5, 0.6) is 11.5 Å². The zero-order valence-corrected chi connectivity index (χ0v) is 11.9. The molecule has 0 saturated carbocycles. The minimum Gasteiger partial charge on any atom is -0.493 e. The second-order valence-electron chi connectivity index (χ2n) is 4.00. The molecule has 6 nitrogen and oxygen atoms in total. The van der Waals surface area contributed by atoms with Crippen molar-refractivity contribution in [2.45, 2.75) is 13.3 Å². The predicted octanol–water partition coefficient (Wildman–Crippen LogP) is 1.39. The Bertz CT molecular complexity index is 473. The quantitative estimate of drug-likeness (QED) is 0.764. The fourth-order valence-electron chi connectivity index (χ4n) is 1.49. The third kappa shape index (κ3) is 4.46. The van der Waals surface area contributed by atoms with Crippen molar-refractivity contribution in [1.29, 1.82) is 0 Å². The number of methoxy groups -OCH3 is 2. The van der Waals surface area contributed by atoms with E-state index in [9.17, 15) is 9.59 Å². The first-order chi connectivity index (χ1) is 9.62. The lowest BCUT2D eigenvalue weighted by Gasteiger charge is -2.11. The zero-order chi connectivity index (χ0) is 15.0. The van der Waals surface area contributed by atoms with E-state index >= 15 is 0 Å². The van der Waals surface area contributed by atoms with Crippen LogP contribution < -0.4 is 14.8 Å². The van der Waals surface area contributed by atoms with E-state index in [1.165, 1.54) is 20.3 Å². The molecule has 1 aromatic rings. The Morgan fingerprint density at radius 3 is 2.55 bits per heavy atom. The van der Waals surface area contributed by atoms with Crippen molar-refractivity contribution >= 4 is 11.9 Å². The molecule has 110 valence electrons. The molecule has 0 spiro atoms. The van der Waals surface area contributed by atoms with Crippen LogP contribution in [-0.4, -0.2) is 39.2 Å². The summed E-state index contributed by atoms with van der Waals surface area (Å²) in [5.41, 5.74) is 0.354. The first kappa shape index (κ1) is 15.8. The van der Waals surface area contributed by atoms with Gasteiger partial charge in [-0.1, -0.05) is 6.92 Å². The molecular formula is C14H19NO5. The Morgan fingerprint density at radius 2 is 1.95 bits per heavy atom. The Kier molecular flexibility index (Phi) is 6.36. The van der Waals surface area contributed by atoms with E-state index in [0.29, 0.717) is 23.6 Å². The predicted molar refractivity (Wildman–Crippen MR) is 73.1 cm³/mol. The van der Waals surface area contributed by atoms with E-state index < -0.39 is 5.97 Å². The summed E-state index contributed by atoms with van der Waals surface area (Å²) in [5, 5.41) is 2.70. The van der Waals surface area contributed by atoms with E-state index in [-0.39, 0.29) is 12.5 Å². The molecule has 0 aliphatic carbocycles. The van der Waals surface area contributed by atoms with Gasteiger partial charge in [-0.15, -0.1) is 0 Å². The molecule has 1 aromatic carbocycles. The number of esters is 1. The van der Waals surface area contributed by atoms with Gasteiger partial charge < -0.3 is 19.5 Å². The maximum atomic E-state index is 11.4. The van der Waals surface area contributed by atoms with Gasteiger partial charge in [-0.2, -0.15) is 0 Å². The summed E-state index contributed by atoms with van der Waals surface area (Å²) >= 11 is 0. The number of amides is 1. The molecule has 0 aromatic heterocycles. The molecule has 6 heteroatoms. The number of hydrogen-bond donors (Lipinski definition) is 1. The van der Waals surface area contributed by atoms with Crippen LogP contribution in [0.15, 0.2) is 18.2 Å². The van der Waals surface area contributed by atoms with Gasteiger partial charge >= 0.3 is 5.97 Å². The van der Waals surface area contributed by atoms with E-state index in [2.05, 4.69) is 10.1 Å². The van der Waals surface area contributed by atoms with Crippen molar-refractivity contribution in [3.63, 3.8) is 0 Å². The van der Waals surface area contributed by atoms with Gasteiger partial charge in [0.2, 0.25) is 0 Å². The van der Waals surface area contributed by atoms with Gasteiger partial charge in [0.1, 0.15) is 0 Å². The second-order valence-corrected chi connectivity index (χ2v) is 4.00. The first-order valence-corrected chi connectivity index (χ1v) is 6.28. The standard InChI is InChI=1S/C14H19NO5/c1-4-7-15-13(16)9-20-11-6-5-10(14(17)19-3)8-12(11)18-2/h5-6,8H,4,7,9H2,1-3H3,(H,15,16). The van der Waals surface area contributed by atoms with E-state index in [4.69, 9.17) is 9.47 Å². The van der Waals surface area contributed by atoms with Crippen molar-refractivity contribution in [3.8, 4) is 11.5 Å². The molecule has 0 bridgehead atoms. The normalized spacial score (nSPS) is 9.75. The average molecular weight is 281 g/mol. The SMILES string of the molecule is CCCNC(=O)COc1ccc(C(=O)OC)cc1OC. The topological polar surface area (TPSA) is 73.9 Å². The monoisotopic (exact) mass is 281 g/mol. The highest BCUT2D eigenvalue weighted by atomic mass is 16.5. The van der Waals surface area contributed by atoms with Crippen LogP contribution in [0.4, 0.5) is 0 Å². The molecule has 0 aliphatic rings. The lowest BCUT2D eigenvalue weighted by atomic mass is 10.2. The third-order valence-corrected chi connectivity index (χ3v) is 2.52. The van der Waals surface area contributed by atoms with Crippen molar-refractivity contribution in [1.82, 2.24) is 5.32 Å². The number of ether oxygens (including phenoxy) is 3. The minimum absolute atomic E-state index is 0.103. The highest BCUT2D eigenvalue weighted by molar-refractivity contribution is 5.90. The van der Waals surface area contributed by atoms with Crippen molar-refractivity contribution in [2.24, 2.45) is 0 Å². The van der Waals surface area contributed by atoms with Gasteiger partial charge in [-0.05, 0) is 24.6 Å². The molecule has 0 radical (unpaired) electrons. The van der Waals surface area contributed by atoms with Crippen molar-refractivity contribution in [3.05, 3.63) is 23.8 Å². The molecule has 1 N–H and O–H groups in total. The van der Waals surface area contributed by atoms with Gasteiger partial charge in [0.05, 0.1) is 19.8 Å². The smallest absolute Gasteiger partial charge is 0.337 e. The van der Waals surface area contributed by atoms with Crippen LogP contribution in [0.1, 0.15) is 23.7 Å². The second kappa shape index (κ2) is 8.04. The number of carbonyl (C=O) groups is 2. The van der Waals surface area contributed by atoms with Gasteiger partial charge in [0.25, 0.3) is 5.91 Å². The average Bonchev–Trinajstić information content (AvgIpc) is 2.49. The fourth-order valence-corrected chi connectivity index (χ4v) is 1.49. The zero-order valence-electron chi connectivity index (χ0n) is 11.9. The Hall–Kier alpha value is -2.24. The molecule has 0 saturated heterocycles. The molecule has 20 heavy (non-hydrogen) atoms. The number of hydrogen-bond acceptors (Lipinski definition) is 5. The third-order valence-electron chi connectivity index (χ3n) is 2.52. The van der Waals surface area contributed by atoms with Crippen LogP contribution >= 0.6 is 0 Å². The molecule has 0 atom stereocenters. The van der Waals surface area contributed by atoms with Gasteiger partial charge in [-0.25, -0.2) is 4.79 Å². The van der Waals surface area contributed by atoms with Gasteiger partial charge in [-0.3, -0.25) is 4.79 Å². The van der Waals surface area contributed by atoms with Gasteiger partial charge in [0.15, 0.2) is 18.1 Å². The number of carbonyl (C=O) groups excluding carboxylic acids is 2. The van der Waals surface area contributed by atoms with Crippen molar-refractivity contribution < 1.29 is 23.8 Å². The highest BCUT2D eigenvalue weighted by Gasteiger charge is 2.12.